The van der Waals surface area contributed by atoms with E-state index in [0.717, 1.165) is 11.1 Å². The zero-order valence-corrected chi connectivity index (χ0v) is 9.69. The smallest absolute Gasteiger partial charge is 0.335 e. The lowest BCUT2D eigenvalue weighted by Gasteiger charge is -2.13. The lowest BCUT2D eigenvalue weighted by atomic mass is 10.0. The van der Waals surface area contributed by atoms with Crippen molar-refractivity contribution in [1.82, 2.24) is 0 Å². The molecule has 0 saturated carbocycles. The number of aryl methyl sites for hydroxylation is 1. The average Bonchev–Trinajstić information content (AvgIpc) is 2.28. The van der Waals surface area contributed by atoms with Gasteiger partial charge in [-0.3, -0.25) is 0 Å². The Morgan fingerprint density at radius 3 is 2.69 bits per heavy atom. The van der Waals surface area contributed by atoms with Gasteiger partial charge in [-0.2, -0.15) is 0 Å². The van der Waals surface area contributed by atoms with E-state index in [1.807, 2.05) is 25.1 Å². The maximum Gasteiger partial charge on any atom is 0.335 e. The van der Waals surface area contributed by atoms with E-state index in [1.54, 1.807) is 7.11 Å². The molecule has 0 aliphatic carbocycles. The minimum atomic E-state index is -1.15. The van der Waals surface area contributed by atoms with Crippen molar-refractivity contribution < 1.29 is 19.4 Å². The second kappa shape index (κ2) is 5.51. The Morgan fingerprint density at radius 1 is 1.44 bits per heavy atom. The van der Waals surface area contributed by atoms with E-state index in [1.165, 1.54) is 7.11 Å². The Morgan fingerprint density at radius 2 is 2.12 bits per heavy atom. The Bertz CT molecular complexity index is 373. The fourth-order valence-electron chi connectivity index (χ4n) is 1.59. The summed E-state index contributed by atoms with van der Waals surface area (Å²) in [5.74, 6) is 0.0639. The third-order valence-electron chi connectivity index (χ3n) is 2.38. The van der Waals surface area contributed by atoms with Crippen LogP contribution in [0.4, 0.5) is 0 Å². The second-order valence-electron chi connectivity index (χ2n) is 3.51. The number of rotatable bonds is 4. The first-order chi connectivity index (χ1) is 7.60. The van der Waals surface area contributed by atoms with E-state index < -0.39 is 12.1 Å². The quantitative estimate of drug-likeness (QED) is 0.777. The van der Waals surface area contributed by atoms with Crippen LogP contribution in [0.3, 0.4) is 0 Å². The summed E-state index contributed by atoms with van der Waals surface area (Å²) in [5.41, 5.74) is 1.76. The van der Waals surface area contributed by atoms with Crippen LogP contribution in [0.15, 0.2) is 18.2 Å². The molecule has 0 fully saturated rings. The highest BCUT2D eigenvalue weighted by molar-refractivity contribution is 5.74. The summed E-state index contributed by atoms with van der Waals surface area (Å²) < 4.78 is 9.69. The molecule has 88 valence electrons. The van der Waals surface area contributed by atoms with Crippen molar-refractivity contribution in [2.75, 3.05) is 14.2 Å². The van der Waals surface area contributed by atoms with Crippen LogP contribution in [0.1, 0.15) is 11.1 Å². The topological polar surface area (TPSA) is 55.8 Å². The number of carbonyl (C=O) groups excluding carboxylic acids is 1. The van der Waals surface area contributed by atoms with Gasteiger partial charge in [0.1, 0.15) is 5.75 Å². The summed E-state index contributed by atoms with van der Waals surface area (Å²) in [6, 6.07) is 5.59. The summed E-state index contributed by atoms with van der Waals surface area (Å²) in [7, 11) is 2.81. The van der Waals surface area contributed by atoms with Crippen LogP contribution in [0.25, 0.3) is 0 Å². The van der Waals surface area contributed by atoms with Gasteiger partial charge < -0.3 is 14.6 Å². The van der Waals surface area contributed by atoms with Crippen molar-refractivity contribution in [3.63, 3.8) is 0 Å². The molecule has 4 nitrogen and oxygen atoms in total. The first-order valence-electron chi connectivity index (χ1n) is 4.98. The van der Waals surface area contributed by atoms with Crippen LogP contribution in [0.5, 0.6) is 5.75 Å². The molecule has 4 heteroatoms. The number of methoxy groups -OCH3 is 2. The molecule has 0 aromatic heterocycles. The molecule has 0 aliphatic rings. The minimum absolute atomic E-state index is 0.192. The minimum Gasteiger partial charge on any atom is -0.496 e. The number of hydrogen-bond donors (Lipinski definition) is 1. The number of aliphatic hydroxyl groups excluding tert-OH is 1. The molecule has 1 unspecified atom stereocenters. The molecule has 0 bridgehead atoms. The Labute approximate surface area is 94.8 Å². The number of benzene rings is 1. The largest absolute Gasteiger partial charge is 0.496 e. The van der Waals surface area contributed by atoms with Crippen LogP contribution < -0.4 is 4.74 Å². The number of para-hydroxylation sites is 1. The molecule has 1 aromatic rings. The van der Waals surface area contributed by atoms with Crippen LogP contribution >= 0.6 is 0 Å². The van der Waals surface area contributed by atoms with Gasteiger partial charge in [-0.25, -0.2) is 4.79 Å². The van der Waals surface area contributed by atoms with Crippen LogP contribution in [-0.4, -0.2) is 31.4 Å². The van der Waals surface area contributed by atoms with Gasteiger partial charge in [0, 0.05) is 6.42 Å². The van der Waals surface area contributed by atoms with Gasteiger partial charge >= 0.3 is 5.97 Å². The number of ether oxygens (including phenoxy) is 2. The van der Waals surface area contributed by atoms with E-state index in [-0.39, 0.29) is 6.42 Å². The van der Waals surface area contributed by atoms with Gasteiger partial charge in [-0.15, -0.1) is 0 Å². The van der Waals surface area contributed by atoms with Crippen molar-refractivity contribution in [3.05, 3.63) is 29.3 Å². The summed E-state index contributed by atoms with van der Waals surface area (Å²) in [5, 5.41) is 9.55. The summed E-state index contributed by atoms with van der Waals surface area (Å²) in [6.45, 7) is 1.91. The zero-order chi connectivity index (χ0) is 12.1. The lowest BCUT2D eigenvalue weighted by molar-refractivity contribution is -0.150. The van der Waals surface area contributed by atoms with Crippen molar-refractivity contribution in [3.8, 4) is 5.75 Å². The van der Waals surface area contributed by atoms with Crippen LogP contribution in [0, 0.1) is 6.92 Å². The maximum absolute atomic E-state index is 11.1. The van der Waals surface area contributed by atoms with E-state index in [0.29, 0.717) is 5.75 Å². The van der Waals surface area contributed by atoms with Gasteiger partial charge in [-0.05, 0) is 18.1 Å². The van der Waals surface area contributed by atoms with Gasteiger partial charge in [0.2, 0.25) is 0 Å². The number of carbonyl (C=O) groups is 1. The molecule has 0 saturated heterocycles. The summed E-state index contributed by atoms with van der Waals surface area (Å²) >= 11 is 0. The molecule has 1 rings (SSSR count). The van der Waals surface area contributed by atoms with Crippen LogP contribution in [0.2, 0.25) is 0 Å². The van der Waals surface area contributed by atoms with Crippen molar-refractivity contribution in [2.24, 2.45) is 0 Å². The van der Waals surface area contributed by atoms with Crippen molar-refractivity contribution >= 4 is 5.97 Å². The molecule has 0 radical (unpaired) electrons. The zero-order valence-electron chi connectivity index (χ0n) is 9.69. The van der Waals surface area contributed by atoms with Gasteiger partial charge in [0.05, 0.1) is 14.2 Å². The molecule has 0 amide bonds. The van der Waals surface area contributed by atoms with E-state index in [2.05, 4.69) is 4.74 Å². The van der Waals surface area contributed by atoms with E-state index in [9.17, 15) is 9.90 Å². The summed E-state index contributed by atoms with van der Waals surface area (Å²) in [6.07, 6.45) is -0.960. The molecule has 0 spiro atoms. The highest BCUT2D eigenvalue weighted by Crippen LogP contribution is 2.24. The highest BCUT2D eigenvalue weighted by atomic mass is 16.5. The normalized spacial score (nSPS) is 12.0. The van der Waals surface area contributed by atoms with Gasteiger partial charge in [-0.1, -0.05) is 18.2 Å². The second-order valence-corrected chi connectivity index (χ2v) is 3.51. The fraction of sp³-hybridized carbons (Fsp3) is 0.417. The Hall–Kier alpha value is -1.55. The average molecular weight is 224 g/mol. The molecule has 1 N–H and O–H groups in total. The third-order valence-corrected chi connectivity index (χ3v) is 2.38. The fourth-order valence-corrected chi connectivity index (χ4v) is 1.59. The first kappa shape index (κ1) is 12.5. The molecular weight excluding hydrogens is 208 g/mol. The van der Waals surface area contributed by atoms with Crippen LogP contribution in [-0.2, 0) is 16.0 Å². The third kappa shape index (κ3) is 2.73. The van der Waals surface area contributed by atoms with Crippen molar-refractivity contribution in [1.29, 1.82) is 0 Å². The first-order valence-corrected chi connectivity index (χ1v) is 4.98. The van der Waals surface area contributed by atoms with E-state index in [4.69, 9.17) is 4.74 Å². The summed E-state index contributed by atoms with van der Waals surface area (Å²) in [4.78, 5) is 11.1. The lowest BCUT2D eigenvalue weighted by Crippen LogP contribution is -2.24. The highest BCUT2D eigenvalue weighted by Gasteiger charge is 2.18. The Kier molecular flexibility index (Phi) is 4.31. The predicted molar refractivity (Wildman–Crippen MR) is 59.5 cm³/mol. The number of hydrogen-bond acceptors (Lipinski definition) is 4. The number of esters is 1. The molecule has 0 aliphatic heterocycles. The van der Waals surface area contributed by atoms with E-state index >= 15 is 0 Å². The molecular formula is C12H16O4. The SMILES string of the molecule is COC(=O)C(O)Cc1cccc(C)c1OC. The van der Waals surface area contributed by atoms with Gasteiger partial charge in [0.25, 0.3) is 0 Å². The predicted octanol–water partition coefficient (Wildman–Crippen LogP) is 1.08. The maximum atomic E-state index is 11.1. The molecule has 0 heterocycles. The standard InChI is InChI=1S/C12H16O4/c1-8-5-4-6-9(11(8)15-2)7-10(13)12(14)16-3/h4-6,10,13H,7H2,1-3H3. The van der Waals surface area contributed by atoms with Crippen molar-refractivity contribution in [2.45, 2.75) is 19.4 Å². The monoisotopic (exact) mass is 224 g/mol. The van der Waals surface area contributed by atoms with Gasteiger partial charge in [0.15, 0.2) is 6.10 Å². The molecule has 1 aromatic carbocycles. The molecule has 1 atom stereocenters. The molecule has 16 heavy (non-hydrogen) atoms. The Balaban J connectivity index is 2.88. The number of aliphatic hydroxyl groups is 1.